The van der Waals surface area contributed by atoms with Crippen LogP contribution in [-0.4, -0.2) is 18.1 Å². The molecule has 0 unspecified atom stereocenters. The molecule has 106 valence electrons. The van der Waals surface area contributed by atoms with Crippen molar-refractivity contribution < 1.29 is 4.74 Å². The molecule has 1 N–H and O–H groups in total. The third kappa shape index (κ3) is 4.53. The smallest absolute Gasteiger partial charge is 0.139 e. The maximum absolute atomic E-state index is 6.01. The van der Waals surface area contributed by atoms with Crippen LogP contribution < -0.4 is 10.1 Å². The van der Waals surface area contributed by atoms with Crippen LogP contribution in [0.4, 0.5) is 0 Å². The lowest BCUT2D eigenvalue weighted by Crippen LogP contribution is -2.21. The van der Waals surface area contributed by atoms with E-state index >= 15 is 0 Å². The van der Waals surface area contributed by atoms with Crippen molar-refractivity contribution in [3.8, 4) is 5.75 Å². The zero-order valence-electron chi connectivity index (χ0n) is 10.6. The monoisotopic (exact) mass is 330 g/mol. The third-order valence-electron chi connectivity index (χ3n) is 2.54. The Balaban J connectivity index is 1.75. The van der Waals surface area contributed by atoms with Gasteiger partial charge in [-0.05, 0) is 18.2 Å². The van der Waals surface area contributed by atoms with Crippen molar-refractivity contribution in [2.45, 2.75) is 6.54 Å². The van der Waals surface area contributed by atoms with Crippen molar-refractivity contribution in [3.63, 3.8) is 0 Å². The number of aromatic nitrogens is 1. The van der Waals surface area contributed by atoms with Gasteiger partial charge in [0.1, 0.15) is 12.4 Å². The second-order valence-corrected chi connectivity index (χ2v) is 5.26. The summed E-state index contributed by atoms with van der Waals surface area (Å²) in [5.41, 5.74) is 0.986. The lowest BCUT2D eigenvalue weighted by atomic mass is 10.3. The third-order valence-corrected chi connectivity index (χ3v) is 3.56. The van der Waals surface area contributed by atoms with E-state index in [-0.39, 0.29) is 0 Å². The maximum Gasteiger partial charge on any atom is 0.139 e. The zero-order valence-corrected chi connectivity index (χ0v) is 12.8. The van der Waals surface area contributed by atoms with E-state index in [2.05, 4.69) is 10.3 Å². The molecular weight excluding hydrogens is 319 g/mol. The molecule has 0 fully saturated rings. The summed E-state index contributed by atoms with van der Waals surface area (Å²) in [4.78, 5) is 4.21. The fourth-order valence-electron chi connectivity index (χ4n) is 1.57. The van der Waals surface area contributed by atoms with Gasteiger partial charge in [0.05, 0.1) is 20.8 Å². The number of ether oxygens (including phenoxy) is 1. The molecule has 0 spiro atoms. The Kier molecular flexibility index (Phi) is 5.92. The van der Waals surface area contributed by atoms with Gasteiger partial charge in [-0.25, -0.2) is 0 Å². The molecule has 1 aromatic carbocycles. The average molecular weight is 332 g/mol. The topological polar surface area (TPSA) is 34.1 Å². The first kappa shape index (κ1) is 15.4. The molecule has 6 heteroatoms. The normalized spacial score (nSPS) is 10.6. The molecule has 0 bridgehead atoms. The molecule has 0 amide bonds. The predicted molar refractivity (Wildman–Crippen MR) is 82.9 cm³/mol. The fraction of sp³-hybridized carbons (Fsp3) is 0.214. The van der Waals surface area contributed by atoms with Gasteiger partial charge in [0, 0.05) is 25.4 Å². The Bertz CT molecular complexity index is 564. The number of nitrogens with one attached hydrogen (secondary N) is 1. The van der Waals surface area contributed by atoms with Crippen molar-refractivity contribution in [2.75, 3.05) is 13.2 Å². The largest absolute Gasteiger partial charge is 0.491 e. The minimum absolute atomic E-state index is 0.414. The molecule has 0 radical (unpaired) electrons. The quantitative estimate of drug-likeness (QED) is 0.636. The molecule has 0 atom stereocenters. The summed E-state index contributed by atoms with van der Waals surface area (Å²) in [7, 11) is 0. The van der Waals surface area contributed by atoms with Crippen molar-refractivity contribution >= 4 is 34.8 Å². The highest BCUT2D eigenvalue weighted by Crippen LogP contribution is 2.33. The van der Waals surface area contributed by atoms with Gasteiger partial charge in [0.2, 0.25) is 0 Å². The van der Waals surface area contributed by atoms with Crippen LogP contribution in [0, 0.1) is 0 Å². The number of rotatable bonds is 6. The number of pyridine rings is 1. The van der Waals surface area contributed by atoms with E-state index < -0.39 is 0 Å². The summed E-state index contributed by atoms with van der Waals surface area (Å²) in [6.07, 6.45) is 1.77. The highest BCUT2D eigenvalue weighted by Gasteiger charge is 2.06. The van der Waals surface area contributed by atoms with Gasteiger partial charge in [-0.1, -0.05) is 40.9 Å². The number of hydrogen-bond acceptors (Lipinski definition) is 3. The van der Waals surface area contributed by atoms with Gasteiger partial charge in [-0.3, -0.25) is 4.98 Å². The molecule has 3 nitrogen and oxygen atoms in total. The Labute approximate surface area is 132 Å². The van der Waals surface area contributed by atoms with Crippen LogP contribution in [0.5, 0.6) is 5.75 Å². The van der Waals surface area contributed by atoms with Crippen LogP contribution in [0.15, 0.2) is 36.5 Å². The average Bonchev–Trinajstić information content (AvgIpc) is 2.45. The Morgan fingerprint density at radius 2 is 1.85 bits per heavy atom. The second kappa shape index (κ2) is 7.70. The van der Waals surface area contributed by atoms with Crippen molar-refractivity contribution in [1.82, 2.24) is 10.3 Å². The van der Waals surface area contributed by atoms with Gasteiger partial charge < -0.3 is 10.1 Å². The van der Waals surface area contributed by atoms with E-state index in [0.717, 1.165) is 5.69 Å². The molecule has 1 aromatic heterocycles. The van der Waals surface area contributed by atoms with Crippen LogP contribution in [-0.2, 0) is 6.54 Å². The van der Waals surface area contributed by atoms with Crippen molar-refractivity contribution in [3.05, 3.63) is 57.3 Å². The molecule has 0 saturated heterocycles. The minimum Gasteiger partial charge on any atom is -0.491 e. The lowest BCUT2D eigenvalue weighted by molar-refractivity contribution is 0.313. The van der Waals surface area contributed by atoms with E-state index in [1.165, 1.54) is 0 Å². The van der Waals surface area contributed by atoms with Gasteiger partial charge >= 0.3 is 0 Å². The summed E-state index contributed by atoms with van der Waals surface area (Å²) in [6.45, 7) is 1.84. The van der Waals surface area contributed by atoms with E-state index in [1.807, 2.05) is 18.2 Å². The van der Waals surface area contributed by atoms with Crippen LogP contribution in [0.3, 0.4) is 0 Å². The molecular formula is C14H13Cl3N2O. The van der Waals surface area contributed by atoms with Gasteiger partial charge in [0.15, 0.2) is 0 Å². The lowest BCUT2D eigenvalue weighted by Gasteiger charge is -2.10. The van der Waals surface area contributed by atoms with Crippen LogP contribution in [0.25, 0.3) is 0 Å². The van der Waals surface area contributed by atoms with Crippen molar-refractivity contribution in [1.29, 1.82) is 0 Å². The highest BCUT2D eigenvalue weighted by molar-refractivity contribution is 6.43. The molecule has 0 aliphatic heterocycles. The Hall–Kier alpha value is -1.00. The van der Waals surface area contributed by atoms with E-state index in [1.54, 1.807) is 18.3 Å². The van der Waals surface area contributed by atoms with E-state index in [4.69, 9.17) is 39.5 Å². The standard InChI is InChI=1S/C14H13Cl3N2O/c15-11-7-13(17)14(8-12(11)16)20-6-5-18-9-10-3-1-2-4-19-10/h1-4,7-8,18H,5-6,9H2. The van der Waals surface area contributed by atoms with Crippen molar-refractivity contribution in [2.24, 2.45) is 0 Å². The van der Waals surface area contributed by atoms with Crippen LogP contribution in [0.1, 0.15) is 5.69 Å². The second-order valence-electron chi connectivity index (χ2n) is 4.04. The molecule has 2 rings (SSSR count). The summed E-state index contributed by atoms with van der Waals surface area (Å²) < 4.78 is 5.55. The molecule has 0 aliphatic carbocycles. The van der Waals surface area contributed by atoms with Gasteiger partial charge in [-0.2, -0.15) is 0 Å². The Morgan fingerprint density at radius 1 is 1.05 bits per heavy atom. The molecule has 20 heavy (non-hydrogen) atoms. The predicted octanol–water partition coefficient (Wildman–Crippen LogP) is 4.21. The maximum atomic E-state index is 6.01. The number of halogens is 3. The SMILES string of the molecule is Clc1cc(Cl)c(OCCNCc2ccccn2)cc1Cl. The summed E-state index contributed by atoms with van der Waals surface area (Å²) in [5, 5.41) is 4.51. The molecule has 1 heterocycles. The minimum atomic E-state index is 0.414. The van der Waals surface area contributed by atoms with Gasteiger partial charge in [0.25, 0.3) is 0 Å². The molecule has 0 aliphatic rings. The molecule has 2 aromatic rings. The van der Waals surface area contributed by atoms with Crippen LogP contribution in [0.2, 0.25) is 15.1 Å². The first-order valence-electron chi connectivity index (χ1n) is 6.05. The summed E-state index contributed by atoms with van der Waals surface area (Å²) in [6, 6.07) is 8.99. The summed E-state index contributed by atoms with van der Waals surface area (Å²) in [5.74, 6) is 0.528. The first-order chi connectivity index (χ1) is 9.66. The van der Waals surface area contributed by atoms with E-state index in [0.29, 0.717) is 40.5 Å². The van der Waals surface area contributed by atoms with Crippen LogP contribution >= 0.6 is 34.8 Å². The fourth-order valence-corrected chi connectivity index (χ4v) is 2.16. The first-order valence-corrected chi connectivity index (χ1v) is 7.18. The van der Waals surface area contributed by atoms with E-state index in [9.17, 15) is 0 Å². The molecule has 0 saturated carbocycles. The number of benzene rings is 1. The number of hydrogen-bond donors (Lipinski definition) is 1. The highest BCUT2D eigenvalue weighted by atomic mass is 35.5. The zero-order chi connectivity index (χ0) is 14.4. The van der Waals surface area contributed by atoms with Gasteiger partial charge in [-0.15, -0.1) is 0 Å². The summed E-state index contributed by atoms with van der Waals surface area (Å²) >= 11 is 17.8. The number of nitrogens with zero attached hydrogens (tertiary/aromatic N) is 1. The Morgan fingerprint density at radius 3 is 2.60 bits per heavy atom.